The van der Waals surface area contributed by atoms with Crippen molar-refractivity contribution in [2.45, 2.75) is 26.7 Å². The van der Waals surface area contributed by atoms with Crippen molar-refractivity contribution < 1.29 is 0 Å². The van der Waals surface area contributed by atoms with Gasteiger partial charge in [-0.15, -0.1) is 0 Å². The quantitative estimate of drug-likeness (QED) is 0.484. The Bertz CT molecular complexity index is 138. The zero-order valence-corrected chi connectivity index (χ0v) is 5.57. The van der Waals surface area contributed by atoms with Gasteiger partial charge in [-0.2, -0.15) is 0 Å². The van der Waals surface area contributed by atoms with E-state index in [1.54, 1.807) is 0 Å². The number of rotatable bonds is 1. The molecule has 0 heteroatoms. The SMILES string of the molecule is CCC1=CCC(C)=C1. The minimum Gasteiger partial charge on any atom is -0.0773 e. The molecule has 0 radical (unpaired) electrons. The van der Waals surface area contributed by atoms with E-state index in [9.17, 15) is 0 Å². The Labute approximate surface area is 50.9 Å². The van der Waals surface area contributed by atoms with Crippen molar-refractivity contribution in [1.82, 2.24) is 0 Å². The fraction of sp³-hybridized carbons (Fsp3) is 0.500. The third kappa shape index (κ3) is 1.00. The van der Waals surface area contributed by atoms with E-state index in [4.69, 9.17) is 0 Å². The van der Waals surface area contributed by atoms with Gasteiger partial charge < -0.3 is 0 Å². The summed E-state index contributed by atoms with van der Waals surface area (Å²) in [6, 6.07) is 0. The average molecular weight is 108 g/mol. The van der Waals surface area contributed by atoms with Crippen LogP contribution in [-0.4, -0.2) is 0 Å². The summed E-state index contributed by atoms with van der Waals surface area (Å²) in [6.45, 7) is 4.38. The normalized spacial score (nSPS) is 18.2. The summed E-state index contributed by atoms with van der Waals surface area (Å²) in [6.07, 6.45) is 6.95. The fourth-order valence-electron chi connectivity index (χ4n) is 0.973. The van der Waals surface area contributed by atoms with Crippen LogP contribution in [-0.2, 0) is 0 Å². The molecule has 0 aromatic rings. The predicted octanol–water partition coefficient (Wildman–Crippen LogP) is 2.67. The van der Waals surface area contributed by atoms with Gasteiger partial charge in [0.2, 0.25) is 0 Å². The molecule has 0 aromatic heterocycles. The summed E-state index contributed by atoms with van der Waals surface area (Å²) in [5.41, 5.74) is 3.00. The van der Waals surface area contributed by atoms with Crippen molar-refractivity contribution in [3.05, 3.63) is 23.3 Å². The molecule has 0 aliphatic heterocycles. The van der Waals surface area contributed by atoms with E-state index < -0.39 is 0 Å². The van der Waals surface area contributed by atoms with Gasteiger partial charge in [0.15, 0.2) is 0 Å². The monoisotopic (exact) mass is 108 g/mol. The van der Waals surface area contributed by atoms with Gasteiger partial charge in [0.25, 0.3) is 0 Å². The molecule has 0 bridgehead atoms. The molecular weight excluding hydrogens is 96.1 g/mol. The van der Waals surface area contributed by atoms with Crippen LogP contribution in [0.15, 0.2) is 23.3 Å². The topological polar surface area (TPSA) is 0 Å². The predicted molar refractivity (Wildman–Crippen MR) is 36.7 cm³/mol. The van der Waals surface area contributed by atoms with Gasteiger partial charge in [0.05, 0.1) is 0 Å². The first-order valence-corrected chi connectivity index (χ1v) is 3.19. The van der Waals surface area contributed by atoms with Gasteiger partial charge in [-0.3, -0.25) is 0 Å². The zero-order chi connectivity index (χ0) is 5.98. The minimum absolute atomic E-state index is 1.18. The van der Waals surface area contributed by atoms with Crippen molar-refractivity contribution in [2.75, 3.05) is 0 Å². The van der Waals surface area contributed by atoms with Crippen LogP contribution in [0, 0.1) is 0 Å². The molecule has 0 saturated heterocycles. The van der Waals surface area contributed by atoms with Crippen molar-refractivity contribution >= 4 is 0 Å². The zero-order valence-electron chi connectivity index (χ0n) is 5.57. The van der Waals surface area contributed by atoms with Gasteiger partial charge in [0.1, 0.15) is 0 Å². The molecule has 0 saturated carbocycles. The lowest BCUT2D eigenvalue weighted by molar-refractivity contribution is 1.15. The smallest absolute Gasteiger partial charge is 0.0133 e. The van der Waals surface area contributed by atoms with Crippen LogP contribution in [0.4, 0.5) is 0 Å². The van der Waals surface area contributed by atoms with E-state index in [2.05, 4.69) is 26.0 Å². The van der Waals surface area contributed by atoms with E-state index in [0.717, 1.165) is 0 Å². The molecular formula is C8H12. The van der Waals surface area contributed by atoms with Crippen LogP contribution in [0.25, 0.3) is 0 Å². The van der Waals surface area contributed by atoms with Crippen LogP contribution in [0.1, 0.15) is 26.7 Å². The van der Waals surface area contributed by atoms with Crippen LogP contribution < -0.4 is 0 Å². The molecule has 0 fully saturated rings. The van der Waals surface area contributed by atoms with Crippen LogP contribution in [0.3, 0.4) is 0 Å². The minimum atomic E-state index is 1.18. The highest BCUT2D eigenvalue weighted by Crippen LogP contribution is 2.18. The Morgan fingerprint density at radius 1 is 1.62 bits per heavy atom. The Balaban J connectivity index is 2.58. The van der Waals surface area contributed by atoms with Gasteiger partial charge in [-0.05, 0) is 19.8 Å². The molecule has 0 atom stereocenters. The van der Waals surface area contributed by atoms with E-state index in [0.29, 0.717) is 0 Å². The molecule has 0 amide bonds. The summed E-state index contributed by atoms with van der Waals surface area (Å²) in [7, 11) is 0. The van der Waals surface area contributed by atoms with Gasteiger partial charge in [0, 0.05) is 0 Å². The molecule has 8 heavy (non-hydrogen) atoms. The largest absolute Gasteiger partial charge is 0.0773 e. The van der Waals surface area contributed by atoms with E-state index in [1.807, 2.05) is 0 Å². The van der Waals surface area contributed by atoms with E-state index >= 15 is 0 Å². The highest BCUT2D eigenvalue weighted by molar-refractivity contribution is 5.30. The first-order valence-electron chi connectivity index (χ1n) is 3.19. The number of hydrogen-bond acceptors (Lipinski definition) is 0. The molecule has 0 spiro atoms. The summed E-state index contributed by atoms with van der Waals surface area (Å²) in [5, 5.41) is 0. The molecule has 1 aliphatic rings. The van der Waals surface area contributed by atoms with Crippen molar-refractivity contribution in [3.63, 3.8) is 0 Å². The Morgan fingerprint density at radius 2 is 2.38 bits per heavy atom. The molecule has 0 heterocycles. The van der Waals surface area contributed by atoms with Crippen LogP contribution in [0.5, 0.6) is 0 Å². The van der Waals surface area contributed by atoms with E-state index in [1.165, 1.54) is 24.0 Å². The lowest BCUT2D eigenvalue weighted by atomic mass is 10.2. The molecule has 0 aromatic carbocycles. The Kier molecular flexibility index (Phi) is 1.52. The maximum absolute atomic E-state index is 2.30. The van der Waals surface area contributed by atoms with Crippen LogP contribution in [0.2, 0.25) is 0 Å². The summed E-state index contributed by atoms with van der Waals surface area (Å²) >= 11 is 0. The maximum Gasteiger partial charge on any atom is -0.0133 e. The Hall–Kier alpha value is -0.520. The molecule has 0 unspecified atom stereocenters. The summed E-state index contributed by atoms with van der Waals surface area (Å²) in [5.74, 6) is 0. The third-order valence-corrected chi connectivity index (χ3v) is 1.53. The fourth-order valence-corrected chi connectivity index (χ4v) is 0.973. The van der Waals surface area contributed by atoms with Crippen molar-refractivity contribution in [3.8, 4) is 0 Å². The van der Waals surface area contributed by atoms with Crippen molar-refractivity contribution in [1.29, 1.82) is 0 Å². The maximum atomic E-state index is 2.30. The lowest BCUT2D eigenvalue weighted by Gasteiger charge is -1.85. The summed E-state index contributed by atoms with van der Waals surface area (Å²) < 4.78 is 0. The first-order chi connectivity index (χ1) is 3.83. The standard InChI is InChI=1S/C8H12/c1-3-8-5-4-7(2)6-8/h5-6H,3-4H2,1-2H3. The molecule has 0 N–H and O–H groups in total. The second-order valence-corrected chi connectivity index (χ2v) is 2.33. The summed E-state index contributed by atoms with van der Waals surface area (Å²) in [4.78, 5) is 0. The number of hydrogen-bond donors (Lipinski definition) is 0. The highest BCUT2D eigenvalue weighted by Gasteiger charge is 1.97. The van der Waals surface area contributed by atoms with Gasteiger partial charge >= 0.3 is 0 Å². The Morgan fingerprint density at radius 3 is 2.62 bits per heavy atom. The first kappa shape index (κ1) is 5.61. The van der Waals surface area contributed by atoms with E-state index in [-0.39, 0.29) is 0 Å². The molecule has 44 valence electrons. The highest BCUT2D eigenvalue weighted by atomic mass is 14.0. The second kappa shape index (κ2) is 2.17. The number of allylic oxidation sites excluding steroid dienone is 4. The second-order valence-electron chi connectivity index (χ2n) is 2.33. The molecule has 1 rings (SSSR count). The average Bonchev–Trinajstić information content (AvgIpc) is 2.14. The van der Waals surface area contributed by atoms with Gasteiger partial charge in [-0.1, -0.05) is 30.2 Å². The van der Waals surface area contributed by atoms with Gasteiger partial charge in [-0.25, -0.2) is 0 Å². The van der Waals surface area contributed by atoms with Crippen molar-refractivity contribution in [2.24, 2.45) is 0 Å². The lowest BCUT2D eigenvalue weighted by Crippen LogP contribution is -1.65. The molecule has 1 aliphatic carbocycles. The third-order valence-electron chi connectivity index (χ3n) is 1.53. The molecule has 0 nitrogen and oxygen atoms in total. The van der Waals surface area contributed by atoms with Crippen LogP contribution >= 0.6 is 0 Å².